The molecule has 1 heterocycles. The van der Waals surface area contributed by atoms with Crippen LogP contribution in [-0.4, -0.2) is 50.2 Å². The van der Waals surface area contributed by atoms with Crippen LogP contribution in [0.2, 0.25) is 0 Å². The summed E-state index contributed by atoms with van der Waals surface area (Å²) in [7, 11) is 1.81. The highest BCUT2D eigenvalue weighted by atomic mass is 16.5. The first kappa shape index (κ1) is 12.5. The second-order valence-corrected chi connectivity index (χ2v) is 4.12. The Bertz CT molecular complexity index is 203. The number of nitrogens with one attached hydrogen (secondary N) is 1. The highest BCUT2D eigenvalue weighted by molar-refractivity contribution is 5.81. The fourth-order valence-corrected chi connectivity index (χ4v) is 1.81. The monoisotopic (exact) mass is 214 g/mol. The minimum absolute atomic E-state index is 0.0905. The fourth-order valence-electron chi connectivity index (χ4n) is 1.81. The Morgan fingerprint density at radius 2 is 2.40 bits per heavy atom. The molecule has 0 radical (unpaired) electrons. The number of likely N-dealkylation sites (N-methyl/N-ethyl adjacent to an activating group) is 2. The zero-order valence-electron chi connectivity index (χ0n) is 9.95. The SMILES string of the molecule is CCN(CC1CCOC1)C(=O)C(C)NC. The lowest BCUT2D eigenvalue weighted by molar-refractivity contribution is -0.133. The van der Waals surface area contributed by atoms with E-state index >= 15 is 0 Å². The van der Waals surface area contributed by atoms with Crippen molar-refractivity contribution in [1.29, 1.82) is 0 Å². The molecule has 1 amide bonds. The van der Waals surface area contributed by atoms with Crippen LogP contribution in [0, 0.1) is 5.92 Å². The Balaban J connectivity index is 2.43. The van der Waals surface area contributed by atoms with Crippen LogP contribution in [0.3, 0.4) is 0 Å². The molecule has 2 atom stereocenters. The Morgan fingerprint density at radius 1 is 1.67 bits per heavy atom. The molecule has 0 spiro atoms. The van der Waals surface area contributed by atoms with E-state index < -0.39 is 0 Å². The van der Waals surface area contributed by atoms with Gasteiger partial charge >= 0.3 is 0 Å². The van der Waals surface area contributed by atoms with Gasteiger partial charge in [-0.1, -0.05) is 0 Å². The molecule has 0 saturated carbocycles. The highest BCUT2D eigenvalue weighted by Crippen LogP contribution is 2.14. The molecule has 15 heavy (non-hydrogen) atoms. The summed E-state index contributed by atoms with van der Waals surface area (Å²) in [5.74, 6) is 0.713. The molecule has 1 aliphatic heterocycles. The van der Waals surface area contributed by atoms with Gasteiger partial charge in [-0.25, -0.2) is 0 Å². The van der Waals surface area contributed by atoms with Crippen molar-refractivity contribution in [3.05, 3.63) is 0 Å². The van der Waals surface area contributed by atoms with Gasteiger partial charge in [-0.2, -0.15) is 0 Å². The van der Waals surface area contributed by atoms with Crippen LogP contribution >= 0.6 is 0 Å². The van der Waals surface area contributed by atoms with Crippen LogP contribution in [-0.2, 0) is 9.53 Å². The van der Waals surface area contributed by atoms with E-state index in [1.54, 1.807) is 0 Å². The van der Waals surface area contributed by atoms with Gasteiger partial charge in [0.15, 0.2) is 0 Å². The van der Waals surface area contributed by atoms with Crippen molar-refractivity contribution in [2.75, 3.05) is 33.4 Å². The number of hydrogen-bond acceptors (Lipinski definition) is 3. The third-order valence-corrected chi connectivity index (χ3v) is 3.00. The summed E-state index contributed by atoms with van der Waals surface area (Å²) in [5, 5.41) is 2.98. The van der Waals surface area contributed by atoms with Gasteiger partial charge in [-0.3, -0.25) is 4.79 Å². The van der Waals surface area contributed by atoms with Gasteiger partial charge in [0.2, 0.25) is 5.91 Å². The molecule has 4 heteroatoms. The second kappa shape index (κ2) is 6.08. The third kappa shape index (κ3) is 3.47. The number of nitrogens with zero attached hydrogens (tertiary/aromatic N) is 1. The summed E-state index contributed by atoms with van der Waals surface area (Å²) in [5.41, 5.74) is 0. The van der Waals surface area contributed by atoms with E-state index in [4.69, 9.17) is 4.74 Å². The Morgan fingerprint density at radius 3 is 2.87 bits per heavy atom. The summed E-state index contributed by atoms with van der Waals surface area (Å²) in [6, 6.07) is -0.0905. The number of hydrogen-bond donors (Lipinski definition) is 1. The maximum atomic E-state index is 11.9. The molecule has 0 aromatic rings. The molecular formula is C11H22N2O2. The molecule has 0 bridgehead atoms. The molecule has 1 aliphatic rings. The van der Waals surface area contributed by atoms with Gasteiger partial charge < -0.3 is 15.0 Å². The Kier molecular flexibility index (Phi) is 5.05. The minimum Gasteiger partial charge on any atom is -0.381 e. The van der Waals surface area contributed by atoms with E-state index in [-0.39, 0.29) is 11.9 Å². The summed E-state index contributed by atoms with van der Waals surface area (Å²) in [6.07, 6.45) is 1.08. The molecule has 0 aliphatic carbocycles. The maximum Gasteiger partial charge on any atom is 0.239 e. The van der Waals surface area contributed by atoms with Gasteiger partial charge in [0.05, 0.1) is 12.6 Å². The average Bonchev–Trinajstić information content (AvgIpc) is 2.76. The number of carbonyl (C=O) groups is 1. The standard InChI is InChI=1S/C11H22N2O2/c1-4-13(11(14)9(2)12-3)7-10-5-6-15-8-10/h9-10,12H,4-8H2,1-3H3. The van der Waals surface area contributed by atoms with Crippen LogP contribution in [0.25, 0.3) is 0 Å². The molecule has 1 N–H and O–H groups in total. The van der Waals surface area contributed by atoms with Crippen LogP contribution in [0.1, 0.15) is 20.3 Å². The lowest BCUT2D eigenvalue weighted by Gasteiger charge is -2.26. The normalized spacial score (nSPS) is 22.7. The van der Waals surface area contributed by atoms with E-state index in [2.05, 4.69) is 5.32 Å². The summed E-state index contributed by atoms with van der Waals surface area (Å²) >= 11 is 0. The zero-order valence-corrected chi connectivity index (χ0v) is 9.95. The largest absolute Gasteiger partial charge is 0.381 e. The molecule has 0 aromatic heterocycles. The van der Waals surface area contributed by atoms with E-state index in [9.17, 15) is 4.79 Å². The number of ether oxygens (including phenoxy) is 1. The van der Waals surface area contributed by atoms with Crippen molar-refractivity contribution >= 4 is 5.91 Å². The smallest absolute Gasteiger partial charge is 0.239 e. The first-order valence-corrected chi connectivity index (χ1v) is 5.72. The van der Waals surface area contributed by atoms with Crippen molar-refractivity contribution < 1.29 is 9.53 Å². The van der Waals surface area contributed by atoms with Gasteiger partial charge in [-0.15, -0.1) is 0 Å². The molecule has 2 unspecified atom stereocenters. The molecule has 1 rings (SSSR count). The fraction of sp³-hybridized carbons (Fsp3) is 0.909. The number of amides is 1. The Hall–Kier alpha value is -0.610. The molecule has 1 saturated heterocycles. The molecule has 88 valence electrons. The van der Waals surface area contributed by atoms with E-state index in [0.29, 0.717) is 5.92 Å². The first-order valence-electron chi connectivity index (χ1n) is 5.72. The van der Waals surface area contributed by atoms with Crippen molar-refractivity contribution in [2.45, 2.75) is 26.3 Å². The molecule has 4 nitrogen and oxygen atoms in total. The third-order valence-electron chi connectivity index (χ3n) is 3.00. The quantitative estimate of drug-likeness (QED) is 0.724. The van der Waals surface area contributed by atoms with E-state index in [1.165, 1.54) is 0 Å². The van der Waals surface area contributed by atoms with Crippen molar-refractivity contribution in [3.8, 4) is 0 Å². The lowest BCUT2D eigenvalue weighted by Crippen LogP contribution is -2.45. The predicted molar refractivity (Wildman–Crippen MR) is 59.7 cm³/mol. The van der Waals surface area contributed by atoms with Crippen molar-refractivity contribution in [1.82, 2.24) is 10.2 Å². The molecule has 0 aromatic carbocycles. The van der Waals surface area contributed by atoms with Crippen molar-refractivity contribution in [3.63, 3.8) is 0 Å². The predicted octanol–water partition coefficient (Wildman–Crippen LogP) is 0.479. The second-order valence-electron chi connectivity index (χ2n) is 4.12. The summed E-state index contributed by atoms with van der Waals surface area (Å²) in [6.45, 7) is 7.19. The number of carbonyl (C=O) groups excluding carboxylic acids is 1. The summed E-state index contributed by atoms with van der Waals surface area (Å²) < 4.78 is 5.32. The van der Waals surface area contributed by atoms with Gasteiger partial charge in [0, 0.05) is 25.6 Å². The lowest BCUT2D eigenvalue weighted by atomic mass is 10.1. The van der Waals surface area contributed by atoms with Crippen LogP contribution in [0.5, 0.6) is 0 Å². The van der Waals surface area contributed by atoms with Crippen molar-refractivity contribution in [2.24, 2.45) is 5.92 Å². The minimum atomic E-state index is -0.0905. The first-order chi connectivity index (χ1) is 7.19. The highest BCUT2D eigenvalue weighted by Gasteiger charge is 2.23. The topological polar surface area (TPSA) is 41.6 Å². The van der Waals surface area contributed by atoms with E-state index in [0.717, 1.165) is 32.7 Å². The zero-order chi connectivity index (χ0) is 11.3. The number of rotatable bonds is 5. The Labute approximate surface area is 92.0 Å². The van der Waals surface area contributed by atoms with Crippen LogP contribution in [0.4, 0.5) is 0 Å². The molecular weight excluding hydrogens is 192 g/mol. The molecule has 1 fully saturated rings. The van der Waals surface area contributed by atoms with Gasteiger partial charge in [0.25, 0.3) is 0 Å². The summed E-state index contributed by atoms with van der Waals surface area (Å²) in [4.78, 5) is 13.8. The average molecular weight is 214 g/mol. The van der Waals surface area contributed by atoms with Crippen LogP contribution < -0.4 is 5.32 Å². The van der Waals surface area contributed by atoms with Crippen LogP contribution in [0.15, 0.2) is 0 Å². The van der Waals surface area contributed by atoms with Gasteiger partial charge in [0.1, 0.15) is 0 Å². The maximum absolute atomic E-state index is 11.9. The van der Waals surface area contributed by atoms with E-state index in [1.807, 2.05) is 25.8 Å². The van der Waals surface area contributed by atoms with Gasteiger partial charge in [-0.05, 0) is 27.3 Å².